The van der Waals surface area contributed by atoms with Crippen LogP contribution >= 0.6 is 0 Å². The molecule has 0 aromatic heterocycles. The minimum Gasteiger partial charge on any atom is -0.340 e. The third-order valence-corrected chi connectivity index (χ3v) is 6.00. The summed E-state index contributed by atoms with van der Waals surface area (Å²) in [5.41, 5.74) is 0.464. The van der Waals surface area contributed by atoms with Gasteiger partial charge in [-0.1, -0.05) is 13.8 Å². The van der Waals surface area contributed by atoms with Crippen molar-refractivity contribution in [2.24, 2.45) is 17.3 Å². The number of rotatable bonds is 3. The van der Waals surface area contributed by atoms with E-state index < -0.39 is 0 Å². The molecule has 0 saturated carbocycles. The predicted molar refractivity (Wildman–Crippen MR) is 85.1 cm³/mol. The Morgan fingerprint density at radius 3 is 2.38 bits per heavy atom. The summed E-state index contributed by atoms with van der Waals surface area (Å²) in [5.74, 6) is 2.01. The molecule has 0 unspecified atom stereocenters. The van der Waals surface area contributed by atoms with Gasteiger partial charge in [-0.05, 0) is 63.7 Å². The second-order valence-corrected chi connectivity index (χ2v) is 7.86. The van der Waals surface area contributed by atoms with Crippen LogP contribution in [-0.2, 0) is 4.79 Å². The van der Waals surface area contributed by atoms with Crippen LogP contribution in [0.4, 0.5) is 0 Å². The standard InChI is InChI=1S/C17H31N3O/c1-14(2)15-3-9-19(10-4-15)11-16(21)20-12-17(13-20)5-7-18-8-6-17/h14-15,18H,3-13H2,1-2H3. The number of piperidine rings is 2. The molecule has 0 radical (unpaired) electrons. The summed E-state index contributed by atoms with van der Waals surface area (Å²) >= 11 is 0. The van der Waals surface area contributed by atoms with Crippen LogP contribution in [0.25, 0.3) is 0 Å². The Morgan fingerprint density at radius 2 is 1.81 bits per heavy atom. The first kappa shape index (κ1) is 15.3. The smallest absolute Gasteiger partial charge is 0.236 e. The maximum absolute atomic E-state index is 12.4. The lowest BCUT2D eigenvalue weighted by Crippen LogP contribution is -2.62. The fourth-order valence-electron chi connectivity index (χ4n) is 4.28. The molecule has 120 valence electrons. The van der Waals surface area contributed by atoms with Gasteiger partial charge in [-0.2, -0.15) is 0 Å². The summed E-state index contributed by atoms with van der Waals surface area (Å²) < 4.78 is 0. The molecular formula is C17H31N3O. The molecule has 3 saturated heterocycles. The molecule has 3 fully saturated rings. The van der Waals surface area contributed by atoms with Gasteiger partial charge in [0.25, 0.3) is 0 Å². The third kappa shape index (κ3) is 3.42. The van der Waals surface area contributed by atoms with E-state index in [0.29, 0.717) is 17.9 Å². The number of nitrogens with zero attached hydrogens (tertiary/aromatic N) is 2. The lowest BCUT2D eigenvalue weighted by atomic mass is 9.72. The van der Waals surface area contributed by atoms with Gasteiger partial charge >= 0.3 is 0 Å². The van der Waals surface area contributed by atoms with Gasteiger partial charge < -0.3 is 10.2 Å². The molecule has 21 heavy (non-hydrogen) atoms. The summed E-state index contributed by atoms with van der Waals surface area (Å²) in [7, 11) is 0. The van der Waals surface area contributed by atoms with E-state index in [1.807, 2.05) is 0 Å². The number of nitrogens with one attached hydrogen (secondary N) is 1. The van der Waals surface area contributed by atoms with Crippen molar-refractivity contribution in [3.05, 3.63) is 0 Å². The molecule has 0 aliphatic carbocycles. The van der Waals surface area contributed by atoms with Crippen molar-refractivity contribution in [3.8, 4) is 0 Å². The molecule has 1 spiro atoms. The first-order valence-electron chi connectivity index (χ1n) is 8.79. The zero-order chi connectivity index (χ0) is 14.9. The molecule has 0 aromatic carbocycles. The monoisotopic (exact) mass is 293 g/mol. The summed E-state index contributed by atoms with van der Waals surface area (Å²) in [5, 5.41) is 3.42. The van der Waals surface area contributed by atoms with E-state index in [4.69, 9.17) is 0 Å². The van der Waals surface area contributed by atoms with Crippen LogP contribution in [0, 0.1) is 17.3 Å². The molecule has 1 amide bonds. The highest BCUT2D eigenvalue weighted by Gasteiger charge is 2.45. The van der Waals surface area contributed by atoms with E-state index in [-0.39, 0.29) is 0 Å². The summed E-state index contributed by atoms with van der Waals surface area (Å²) in [4.78, 5) is 16.9. The highest BCUT2D eigenvalue weighted by atomic mass is 16.2. The Bertz CT molecular complexity index is 360. The van der Waals surface area contributed by atoms with Gasteiger partial charge in [0.05, 0.1) is 6.54 Å². The van der Waals surface area contributed by atoms with Gasteiger partial charge in [-0.25, -0.2) is 0 Å². The second kappa shape index (κ2) is 6.25. The average molecular weight is 293 g/mol. The Morgan fingerprint density at radius 1 is 1.19 bits per heavy atom. The molecule has 0 bridgehead atoms. The lowest BCUT2D eigenvalue weighted by molar-refractivity contribution is -0.146. The fourth-order valence-corrected chi connectivity index (χ4v) is 4.28. The molecule has 0 atom stereocenters. The highest BCUT2D eigenvalue weighted by molar-refractivity contribution is 5.79. The number of carbonyl (C=O) groups is 1. The normalized spacial score (nSPS) is 27.1. The molecule has 1 N–H and O–H groups in total. The van der Waals surface area contributed by atoms with Gasteiger partial charge in [-0.15, -0.1) is 0 Å². The molecule has 3 heterocycles. The second-order valence-electron chi connectivity index (χ2n) is 7.86. The SMILES string of the molecule is CC(C)C1CCN(CC(=O)N2CC3(CCNCC3)C2)CC1. The summed E-state index contributed by atoms with van der Waals surface area (Å²) in [6, 6.07) is 0. The Kier molecular flexibility index (Phi) is 4.55. The van der Waals surface area contributed by atoms with E-state index in [0.717, 1.165) is 51.1 Å². The molecule has 3 aliphatic rings. The van der Waals surface area contributed by atoms with Gasteiger partial charge in [0.15, 0.2) is 0 Å². The predicted octanol–water partition coefficient (Wildman–Crippen LogP) is 1.57. The van der Waals surface area contributed by atoms with Crippen LogP contribution < -0.4 is 5.32 Å². The Balaban J connectivity index is 1.40. The van der Waals surface area contributed by atoms with Gasteiger partial charge in [-0.3, -0.25) is 9.69 Å². The Hall–Kier alpha value is -0.610. The number of hydrogen-bond acceptors (Lipinski definition) is 3. The first-order valence-corrected chi connectivity index (χ1v) is 8.79. The van der Waals surface area contributed by atoms with Gasteiger partial charge in [0.2, 0.25) is 5.91 Å². The van der Waals surface area contributed by atoms with Crippen LogP contribution in [0.1, 0.15) is 39.5 Å². The summed E-state index contributed by atoms with van der Waals surface area (Å²) in [6.07, 6.45) is 5.02. The quantitative estimate of drug-likeness (QED) is 0.858. The van der Waals surface area contributed by atoms with Crippen molar-refractivity contribution in [2.75, 3.05) is 45.8 Å². The zero-order valence-electron chi connectivity index (χ0n) is 13.7. The Labute approximate surface area is 129 Å². The minimum atomic E-state index is 0.363. The molecule has 0 aromatic rings. The van der Waals surface area contributed by atoms with Crippen LogP contribution in [0.3, 0.4) is 0 Å². The number of carbonyl (C=O) groups excluding carboxylic acids is 1. The van der Waals surface area contributed by atoms with Gasteiger partial charge in [0.1, 0.15) is 0 Å². The molecular weight excluding hydrogens is 262 g/mol. The highest BCUT2D eigenvalue weighted by Crippen LogP contribution is 2.38. The van der Waals surface area contributed by atoms with Crippen LogP contribution in [0.5, 0.6) is 0 Å². The van der Waals surface area contributed by atoms with E-state index >= 15 is 0 Å². The van der Waals surface area contributed by atoms with Crippen molar-refractivity contribution in [2.45, 2.75) is 39.5 Å². The van der Waals surface area contributed by atoms with Gasteiger partial charge in [0, 0.05) is 18.5 Å². The average Bonchev–Trinajstić information content (AvgIpc) is 2.46. The van der Waals surface area contributed by atoms with E-state index in [1.165, 1.54) is 25.7 Å². The fraction of sp³-hybridized carbons (Fsp3) is 0.941. The molecule has 4 heteroatoms. The van der Waals surface area contributed by atoms with Crippen molar-refractivity contribution in [3.63, 3.8) is 0 Å². The van der Waals surface area contributed by atoms with Crippen LogP contribution in [-0.4, -0.2) is 61.5 Å². The maximum Gasteiger partial charge on any atom is 0.236 e. The first-order chi connectivity index (χ1) is 10.1. The number of hydrogen-bond donors (Lipinski definition) is 1. The maximum atomic E-state index is 12.4. The van der Waals surface area contributed by atoms with Crippen molar-refractivity contribution in [1.29, 1.82) is 0 Å². The van der Waals surface area contributed by atoms with E-state index in [2.05, 4.69) is 29.0 Å². The molecule has 3 rings (SSSR count). The lowest BCUT2D eigenvalue weighted by Gasteiger charge is -2.53. The zero-order valence-corrected chi connectivity index (χ0v) is 13.7. The van der Waals surface area contributed by atoms with E-state index in [9.17, 15) is 4.79 Å². The molecule has 3 aliphatic heterocycles. The largest absolute Gasteiger partial charge is 0.340 e. The van der Waals surface area contributed by atoms with Crippen molar-refractivity contribution < 1.29 is 4.79 Å². The minimum absolute atomic E-state index is 0.363. The third-order valence-electron chi connectivity index (χ3n) is 6.00. The molecule has 4 nitrogen and oxygen atoms in total. The van der Waals surface area contributed by atoms with E-state index in [1.54, 1.807) is 0 Å². The van der Waals surface area contributed by atoms with Crippen molar-refractivity contribution >= 4 is 5.91 Å². The van der Waals surface area contributed by atoms with Crippen LogP contribution in [0.15, 0.2) is 0 Å². The number of likely N-dealkylation sites (tertiary alicyclic amines) is 2. The summed E-state index contributed by atoms with van der Waals surface area (Å²) in [6.45, 7) is 11.8. The number of amides is 1. The topological polar surface area (TPSA) is 35.6 Å². The van der Waals surface area contributed by atoms with Crippen molar-refractivity contribution in [1.82, 2.24) is 15.1 Å². The van der Waals surface area contributed by atoms with Crippen LogP contribution in [0.2, 0.25) is 0 Å².